The maximum Gasteiger partial charge on any atom is 0.254 e. The fourth-order valence-corrected chi connectivity index (χ4v) is 4.73. The molecule has 4 rings (SSSR count). The molecule has 0 aromatic heterocycles. The summed E-state index contributed by atoms with van der Waals surface area (Å²) in [4.78, 5) is 29.1. The van der Waals surface area contributed by atoms with Gasteiger partial charge in [0, 0.05) is 19.2 Å². The number of amides is 2. The van der Waals surface area contributed by atoms with Crippen molar-refractivity contribution in [3.8, 4) is 5.75 Å². The molecule has 0 aliphatic carbocycles. The van der Waals surface area contributed by atoms with E-state index < -0.39 is 6.04 Å². The number of nitrogens with one attached hydrogen (secondary N) is 1. The molecule has 3 aromatic carbocycles. The molecule has 1 N–H and O–H groups in total. The molecule has 2 amide bonds. The van der Waals surface area contributed by atoms with Crippen molar-refractivity contribution >= 4 is 63.3 Å². The fourth-order valence-electron chi connectivity index (χ4n) is 3.95. The van der Waals surface area contributed by atoms with Crippen molar-refractivity contribution in [1.82, 2.24) is 5.32 Å². The summed E-state index contributed by atoms with van der Waals surface area (Å²) in [7, 11) is 0. The second-order valence-corrected chi connectivity index (χ2v) is 9.90. The molecule has 34 heavy (non-hydrogen) atoms. The summed E-state index contributed by atoms with van der Waals surface area (Å²) in [5, 5.41) is 3.97. The number of fused-ring (bicyclic) bond motifs is 1. The number of anilines is 1. The molecule has 3 aromatic rings. The first kappa shape index (κ1) is 24.6. The van der Waals surface area contributed by atoms with E-state index in [1.165, 1.54) is 0 Å². The predicted octanol–water partition coefficient (Wildman–Crippen LogP) is 6.74. The third-order valence-electron chi connectivity index (χ3n) is 5.61. The van der Waals surface area contributed by atoms with Gasteiger partial charge >= 0.3 is 0 Å². The maximum absolute atomic E-state index is 14.1. The largest absolute Gasteiger partial charge is 0.489 e. The van der Waals surface area contributed by atoms with E-state index in [2.05, 4.69) is 34.5 Å². The number of benzene rings is 3. The lowest BCUT2D eigenvalue weighted by Gasteiger charge is -2.32. The lowest BCUT2D eigenvalue weighted by atomic mass is 10.0. The molecule has 0 fully saturated rings. The molecular weight excluding hydrogens is 586 g/mol. The molecule has 1 heterocycles. The van der Waals surface area contributed by atoms with Gasteiger partial charge < -0.3 is 15.0 Å². The van der Waals surface area contributed by atoms with Crippen LogP contribution in [-0.4, -0.2) is 18.4 Å². The van der Waals surface area contributed by atoms with E-state index in [0.717, 1.165) is 9.13 Å². The molecule has 1 aliphatic rings. The highest BCUT2D eigenvalue weighted by Gasteiger charge is 2.38. The highest BCUT2D eigenvalue weighted by molar-refractivity contribution is 14.1. The minimum Gasteiger partial charge on any atom is -0.489 e. The zero-order valence-corrected chi connectivity index (χ0v) is 21.9. The van der Waals surface area contributed by atoms with Crippen LogP contribution < -0.4 is 15.0 Å². The standard InChI is InChI=1S/C26H21Cl2IN2O3/c1-3-12-34-23-13-18(28)8-10-20(23)24-26(33)31(15(2)16-4-6-17(27)7-5-16)22-11-9-19(29)14-21(22)25(32)30-24/h3-11,13-15,24H,1,12H2,2H3,(H,30,32)/t15?,24-/m0/s1. The number of nitrogens with zero attached hydrogens (tertiary/aromatic N) is 1. The summed E-state index contributed by atoms with van der Waals surface area (Å²) < 4.78 is 6.68. The molecule has 0 saturated heterocycles. The molecule has 8 heteroatoms. The second-order valence-electron chi connectivity index (χ2n) is 7.79. The van der Waals surface area contributed by atoms with Gasteiger partial charge in [-0.1, -0.05) is 54.1 Å². The molecule has 0 saturated carbocycles. The molecule has 1 unspecified atom stereocenters. The Bertz CT molecular complexity index is 1260. The van der Waals surface area contributed by atoms with E-state index in [1.54, 1.807) is 53.4 Å². The molecule has 1 aliphatic heterocycles. The second kappa shape index (κ2) is 10.4. The van der Waals surface area contributed by atoms with Gasteiger partial charge in [-0.15, -0.1) is 0 Å². The first-order chi connectivity index (χ1) is 16.3. The zero-order valence-electron chi connectivity index (χ0n) is 18.2. The number of hydrogen-bond donors (Lipinski definition) is 1. The van der Waals surface area contributed by atoms with Crippen LogP contribution in [0.5, 0.6) is 5.75 Å². The van der Waals surface area contributed by atoms with Crippen molar-refractivity contribution in [3.05, 3.63) is 104 Å². The number of carbonyl (C=O) groups excluding carboxylic acids is 2. The van der Waals surface area contributed by atoms with Crippen LogP contribution in [0.2, 0.25) is 10.0 Å². The Morgan fingerprint density at radius 3 is 2.50 bits per heavy atom. The van der Waals surface area contributed by atoms with Crippen LogP contribution in [0, 0.1) is 3.57 Å². The molecular formula is C26H21Cl2IN2O3. The third kappa shape index (κ3) is 4.94. The van der Waals surface area contributed by atoms with Crippen LogP contribution in [-0.2, 0) is 4.79 Å². The summed E-state index contributed by atoms with van der Waals surface area (Å²) in [6.07, 6.45) is 1.60. The Morgan fingerprint density at radius 2 is 1.79 bits per heavy atom. The van der Waals surface area contributed by atoms with Crippen LogP contribution in [0.25, 0.3) is 0 Å². The fraction of sp³-hybridized carbons (Fsp3) is 0.154. The van der Waals surface area contributed by atoms with E-state index in [0.29, 0.717) is 32.6 Å². The molecule has 174 valence electrons. The predicted molar refractivity (Wildman–Crippen MR) is 144 cm³/mol. The summed E-state index contributed by atoms with van der Waals surface area (Å²) in [6.45, 7) is 5.83. The van der Waals surface area contributed by atoms with Crippen molar-refractivity contribution in [2.24, 2.45) is 0 Å². The quantitative estimate of drug-likeness (QED) is 0.250. The highest BCUT2D eigenvalue weighted by atomic mass is 127. The van der Waals surface area contributed by atoms with E-state index in [4.69, 9.17) is 27.9 Å². The van der Waals surface area contributed by atoms with E-state index in [9.17, 15) is 9.59 Å². The normalized spacial score (nSPS) is 16.4. The lowest BCUT2D eigenvalue weighted by molar-refractivity contribution is -0.121. The van der Waals surface area contributed by atoms with Gasteiger partial charge in [-0.2, -0.15) is 0 Å². The van der Waals surface area contributed by atoms with Gasteiger partial charge in [0.15, 0.2) is 0 Å². The van der Waals surface area contributed by atoms with E-state index >= 15 is 0 Å². The van der Waals surface area contributed by atoms with Gasteiger partial charge in [0.25, 0.3) is 11.8 Å². The Morgan fingerprint density at radius 1 is 1.09 bits per heavy atom. The van der Waals surface area contributed by atoms with Gasteiger partial charge in [-0.3, -0.25) is 9.59 Å². The Kier molecular flexibility index (Phi) is 7.50. The van der Waals surface area contributed by atoms with Crippen molar-refractivity contribution in [2.45, 2.75) is 19.0 Å². The van der Waals surface area contributed by atoms with Gasteiger partial charge in [-0.05, 0) is 77.5 Å². The molecule has 5 nitrogen and oxygen atoms in total. The summed E-state index contributed by atoms with van der Waals surface area (Å²) in [5.41, 5.74) is 2.36. The minimum atomic E-state index is -0.982. The number of ether oxygens (including phenoxy) is 1. The average Bonchev–Trinajstić information content (AvgIpc) is 2.92. The summed E-state index contributed by atoms with van der Waals surface area (Å²) in [5.74, 6) is -0.227. The number of hydrogen-bond acceptors (Lipinski definition) is 3. The number of carbonyl (C=O) groups is 2. The SMILES string of the molecule is C=CCOc1cc(Cl)ccc1[C@@H]1NC(=O)c2cc(I)ccc2N(C(C)c2ccc(Cl)cc2)C1=O. The van der Waals surface area contributed by atoms with Crippen LogP contribution in [0.15, 0.2) is 73.3 Å². The summed E-state index contributed by atoms with van der Waals surface area (Å²) in [6, 6.07) is 16.4. The third-order valence-corrected chi connectivity index (χ3v) is 6.76. The van der Waals surface area contributed by atoms with Crippen LogP contribution in [0.3, 0.4) is 0 Å². The zero-order chi connectivity index (χ0) is 24.4. The Balaban J connectivity index is 1.86. The Labute approximate surface area is 221 Å². The van der Waals surface area contributed by atoms with Gasteiger partial charge in [0.2, 0.25) is 0 Å². The number of rotatable bonds is 6. The van der Waals surface area contributed by atoms with Crippen LogP contribution >= 0.6 is 45.8 Å². The monoisotopic (exact) mass is 606 g/mol. The van der Waals surface area contributed by atoms with Crippen molar-refractivity contribution in [3.63, 3.8) is 0 Å². The van der Waals surface area contributed by atoms with Crippen molar-refractivity contribution in [2.75, 3.05) is 11.5 Å². The Hall–Kier alpha value is -2.55. The molecule has 0 bridgehead atoms. The highest BCUT2D eigenvalue weighted by Crippen LogP contribution is 2.38. The van der Waals surface area contributed by atoms with Gasteiger partial charge in [0.1, 0.15) is 18.4 Å². The maximum atomic E-state index is 14.1. The smallest absolute Gasteiger partial charge is 0.254 e. The average molecular weight is 607 g/mol. The van der Waals surface area contributed by atoms with E-state index in [-0.39, 0.29) is 24.5 Å². The first-order valence-electron chi connectivity index (χ1n) is 10.5. The lowest BCUT2D eigenvalue weighted by Crippen LogP contribution is -2.41. The molecule has 0 spiro atoms. The number of halogens is 3. The molecule has 0 radical (unpaired) electrons. The topological polar surface area (TPSA) is 58.6 Å². The molecule has 2 atom stereocenters. The van der Waals surface area contributed by atoms with Crippen LogP contribution in [0.1, 0.15) is 40.5 Å². The summed E-state index contributed by atoms with van der Waals surface area (Å²) >= 11 is 14.4. The van der Waals surface area contributed by atoms with Crippen molar-refractivity contribution < 1.29 is 14.3 Å². The van der Waals surface area contributed by atoms with Gasteiger partial charge in [-0.25, -0.2) is 0 Å². The van der Waals surface area contributed by atoms with Gasteiger partial charge in [0.05, 0.1) is 17.3 Å². The first-order valence-corrected chi connectivity index (χ1v) is 12.4. The minimum absolute atomic E-state index is 0.228. The van der Waals surface area contributed by atoms with Crippen LogP contribution in [0.4, 0.5) is 5.69 Å². The van der Waals surface area contributed by atoms with E-state index in [1.807, 2.05) is 25.1 Å². The van der Waals surface area contributed by atoms with Crippen molar-refractivity contribution in [1.29, 1.82) is 0 Å².